The van der Waals surface area contributed by atoms with Crippen molar-refractivity contribution in [3.05, 3.63) is 0 Å². The van der Waals surface area contributed by atoms with E-state index in [0.717, 1.165) is 0 Å². The molecular weight excluding hydrogens is 149 g/mol. The molecule has 9 heavy (non-hydrogen) atoms. The number of nitrogens with two attached hydrogens (primary N) is 2. The number of guanidine groups is 1. The molecule has 0 aliphatic heterocycles. The van der Waals surface area contributed by atoms with Crippen molar-refractivity contribution in [3.63, 3.8) is 0 Å². The van der Waals surface area contributed by atoms with Crippen LogP contribution >= 0.6 is 0 Å². The van der Waals surface area contributed by atoms with Crippen LogP contribution in [0, 0.1) is 0 Å². The van der Waals surface area contributed by atoms with Crippen LogP contribution in [0.4, 0.5) is 0 Å². The number of carbonyl (C=O) groups is 1. The Bertz CT molecular complexity index is 125. The zero-order chi connectivity index (χ0) is 6.57. The number of aliphatic carboxylic acids is 1. The molecule has 0 bridgehead atoms. The van der Waals surface area contributed by atoms with Crippen molar-refractivity contribution in [2.45, 2.75) is 0 Å². The van der Waals surface area contributed by atoms with Gasteiger partial charge in [-0.25, -0.2) is 4.99 Å². The third kappa shape index (κ3) is 11.8. The van der Waals surface area contributed by atoms with E-state index < -0.39 is 5.97 Å². The molecule has 5 nitrogen and oxygen atoms in total. The normalized spacial score (nSPS) is 7.11. The number of nitrogens with zero attached hydrogens (tertiary/aromatic N) is 1. The van der Waals surface area contributed by atoms with Gasteiger partial charge in [0.1, 0.15) is 6.54 Å². The molecule has 0 atom stereocenters. The van der Waals surface area contributed by atoms with E-state index in [2.05, 4.69) is 4.99 Å². The second-order valence-corrected chi connectivity index (χ2v) is 1.13. The van der Waals surface area contributed by atoms with Gasteiger partial charge >= 0.3 is 57.4 Å². The van der Waals surface area contributed by atoms with E-state index in [1.807, 2.05) is 0 Å². The van der Waals surface area contributed by atoms with Crippen LogP contribution in [-0.4, -0.2) is 23.6 Å². The molecule has 0 aliphatic rings. The van der Waals surface area contributed by atoms with Crippen molar-refractivity contribution in [2.75, 3.05) is 6.54 Å². The molecule has 48 valence electrons. The molecule has 0 heterocycles. The summed E-state index contributed by atoms with van der Waals surface area (Å²) in [5.41, 5.74) is 9.61. The molecule has 5 N–H and O–H groups in total. The van der Waals surface area contributed by atoms with Gasteiger partial charge in [0.25, 0.3) is 0 Å². The molecule has 0 aromatic heterocycles. The van der Waals surface area contributed by atoms with E-state index in [9.17, 15) is 4.79 Å². The number of hydrogen-bond acceptors (Lipinski definition) is 2. The largest absolute Gasteiger partial charge is 1.00 e. The first-order valence-corrected chi connectivity index (χ1v) is 1.90. The minimum atomic E-state index is -1.04. The summed E-state index contributed by atoms with van der Waals surface area (Å²) in [6.07, 6.45) is 0. The first-order chi connectivity index (χ1) is 3.63. The Labute approximate surface area is 96.4 Å². The molecule has 0 radical (unpaired) electrons. The number of aliphatic imine (C=N–C) groups is 1. The first-order valence-electron chi connectivity index (χ1n) is 1.90. The third-order valence-electron chi connectivity index (χ3n) is 0.397. The maximum atomic E-state index is 9.69. The molecule has 0 amide bonds. The van der Waals surface area contributed by atoms with E-state index in [1.165, 1.54) is 0 Å². The Balaban J connectivity index is -0.000000245. The molecule has 0 rings (SSSR count). The quantitative estimate of drug-likeness (QED) is 0.213. The second kappa shape index (κ2) is 6.50. The molecule has 0 spiro atoms. The van der Waals surface area contributed by atoms with E-state index in [1.54, 1.807) is 0 Å². The Hall–Kier alpha value is 0.376. The monoisotopic (exact) mass is 157 g/mol. The van der Waals surface area contributed by atoms with Gasteiger partial charge < -0.3 is 18.0 Å². The van der Waals surface area contributed by atoms with Crippen LogP contribution < -0.4 is 62.9 Å². The fourth-order valence-corrected chi connectivity index (χ4v) is 0.159. The molecule has 0 saturated heterocycles. The van der Waals surface area contributed by atoms with Crippen molar-refractivity contribution >= 4 is 11.9 Å². The van der Waals surface area contributed by atoms with Crippen molar-refractivity contribution in [3.8, 4) is 0 Å². The molecule has 6 heteroatoms. The summed E-state index contributed by atoms with van der Waals surface area (Å²) in [4.78, 5) is 12.9. The fourth-order valence-electron chi connectivity index (χ4n) is 0.159. The standard InChI is InChI=1S/C3H7N3O2.K.H/c4-3(5)6-1-2(7)8;;/h1H2,(H,7,8)(H4,4,5,6);;/q;+1;-1. The maximum absolute atomic E-state index is 9.69. The SMILES string of the molecule is NC(N)=NCC(=O)O.[H-].[K+]. The maximum Gasteiger partial charge on any atom is 1.00 e. The molecule has 0 aliphatic carbocycles. The predicted molar refractivity (Wildman–Crippen MR) is 29.4 cm³/mol. The minimum Gasteiger partial charge on any atom is -1.00 e. The van der Waals surface area contributed by atoms with Crippen molar-refractivity contribution < 1.29 is 62.7 Å². The fraction of sp³-hybridized carbons (Fsp3) is 0.333. The van der Waals surface area contributed by atoms with Gasteiger partial charge in [-0.2, -0.15) is 0 Å². The summed E-state index contributed by atoms with van der Waals surface area (Å²) in [6, 6.07) is 0. The van der Waals surface area contributed by atoms with Crippen LogP contribution in [-0.2, 0) is 4.79 Å². The van der Waals surface area contributed by atoms with E-state index in [0.29, 0.717) is 0 Å². The van der Waals surface area contributed by atoms with Gasteiger partial charge in [-0.3, -0.25) is 4.79 Å². The summed E-state index contributed by atoms with van der Waals surface area (Å²) in [6.45, 7) is -0.359. The summed E-state index contributed by atoms with van der Waals surface area (Å²) >= 11 is 0. The van der Waals surface area contributed by atoms with Crippen LogP contribution in [0.1, 0.15) is 1.43 Å². The molecule has 0 unspecified atom stereocenters. The average molecular weight is 157 g/mol. The van der Waals surface area contributed by atoms with Crippen molar-refractivity contribution in [1.82, 2.24) is 0 Å². The van der Waals surface area contributed by atoms with Crippen molar-refractivity contribution in [1.29, 1.82) is 0 Å². The number of carboxylic acids is 1. The molecule has 0 fully saturated rings. The Morgan fingerprint density at radius 3 is 2.22 bits per heavy atom. The van der Waals surface area contributed by atoms with Gasteiger partial charge in [0, 0.05) is 0 Å². The van der Waals surface area contributed by atoms with Crippen LogP contribution in [0.3, 0.4) is 0 Å². The predicted octanol–water partition coefficient (Wildman–Crippen LogP) is -4.54. The Kier molecular flexibility index (Phi) is 8.73. The van der Waals surface area contributed by atoms with Crippen LogP contribution in [0.15, 0.2) is 4.99 Å². The van der Waals surface area contributed by atoms with Gasteiger partial charge in [0.05, 0.1) is 0 Å². The Morgan fingerprint density at radius 2 is 2.11 bits per heavy atom. The van der Waals surface area contributed by atoms with Gasteiger partial charge in [-0.1, -0.05) is 0 Å². The van der Waals surface area contributed by atoms with Crippen LogP contribution in [0.2, 0.25) is 0 Å². The molecule has 0 aromatic carbocycles. The van der Waals surface area contributed by atoms with Crippen LogP contribution in [0.25, 0.3) is 0 Å². The molecule has 0 aromatic rings. The summed E-state index contributed by atoms with van der Waals surface area (Å²) in [5, 5.41) is 7.94. The number of carboxylic acid groups (broad SMARTS) is 1. The second-order valence-electron chi connectivity index (χ2n) is 1.13. The van der Waals surface area contributed by atoms with Crippen LogP contribution in [0.5, 0.6) is 0 Å². The zero-order valence-corrected chi connectivity index (χ0v) is 8.29. The van der Waals surface area contributed by atoms with Crippen molar-refractivity contribution in [2.24, 2.45) is 16.5 Å². The Morgan fingerprint density at radius 1 is 1.67 bits per heavy atom. The van der Waals surface area contributed by atoms with Gasteiger partial charge in [0.15, 0.2) is 5.96 Å². The number of rotatable bonds is 2. The van der Waals surface area contributed by atoms with Gasteiger partial charge in [0.2, 0.25) is 0 Å². The first kappa shape index (κ1) is 12.1. The molecular formula is C3H8KN3O2. The smallest absolute Gasteiger partial charge is 1.00 e. The number of hydrogen-bond donors (Lipinski definition) is 3. The van der Waals surface area contributed by atoms with Gasteiger partial charge in [-0.05, 0) is 0 Å². The molecule has 0 saturated carbocycles. The topological polar surface area (TPSA) is 102 Å². The minimum absolute atomic E-state index is 0. The summed E-state index contributed by atoms with van der Waals surface area (Å²) in [7, 11) is 0. The summed E-state index contributed by atoms with van der Waals surface area (Å²) in [5.74, 6) is -1.24. The third-order valence-corrected chi connectivity index (χ3v) is 0.397. The average Bonchev–Trinajstić information content (AvgIpc) is 1.61. The van der Waals surface area contributed by atoms with Gasteiger partial charge in [-0.15, -0.1) is 0 Å². The van der Waals surface area contributed by atoms with E-state index in [4.69, 9.17) is 16.6 Å². The van der Waals surface area contributed by atoms with E-state index >= 15 is 0 Å². The zero-order valence-electron chi connectivity index (χ0n) is 6.16. The summed E-state index contributed by atoms with van der Waals surface area (Å²) < 4.78 is 0. The van der Waals surface area contributed by atoms with E-state index in [-0.39, 0.29) is 65.3 Å².